The molecule has 2 heteroatoms. The summed E-state index contributed by atoms with van der Waals surface area (Å²) in [4.78, 5) is 0. The minimum Gasteiger partial charge on any atom is -0.324 e. The molecule has 17 heavy (non-hydrogen) atoms. The maximum atomic E-state index is 6.42. The van der Waals surface area contributed by atoms with Crippen LogP contribution in [0.1, 0.15) is 71.6 Å². The molecule has 1 rings (SSSR count). The van der Waals surface area contributed by atoms with E-state index in [9.17, 15) is 0 Å². The molecule has 1 aliphatic rings. The average molecular weight is 240 g/mol. The van der Waals surface area contributed by atoms with Gasteiger partial charge in [-0.25, -0.2) is 0 Å². The van der Waals surface area contributed by atoms with Gasteiger partial charge in [0, 0.05) is 12.1 Å². The Morgan fingerprint density at radius 3 is 2.47 bits per heavy atom. The van der Waals surface area contributed by atoms with Crippen molar-refractivity contribution in [2.75, 3.05) is 13.1 Å². The van der Waals surface area contributed by atoms with Gasteiger partial charge >= 0.3 is 0 Å². The van der Waals surface area contributed by atoms with Gasteiger partial charge in [-0.05, 0) is 31.7 Å². The van der Waals surface area contributed by atoms with Crippen LogP contribution in [0.3, 0.4) is 0 Å². The zero-order valence-corrected chi connectivity index (χ0v) is 11.9. The molecule has 102 valence electrons. The summed E-state index contributed by atoms with van der Waals surface area (Å²) in [7, 11) is 0. The molecule has 0 amide bonds. The van der Waals surface area contributed by atoms with E-state index in [1.807, 2.05) is 0 Å². The number of nitrogens with one attached hydrogen (secondary N) is 1. The number of hydrogen-bond donors (Lipinski definition) is 2. The predicted molar refractivity (Wildman–Crippen MR) is 76.2 cm³/mol. The zero-order chi connectivity index (χ0) is 12.6. The van der Waals surface area contributed by atoms with Crippen molar-refractivity contribution in [2.24, 2.45) is 11.7 Å². The summed E-state index contributed by atoms with van der Waals surface area (Å²) in [6.07, 6.45) is 11.8. The zero-order valence-electron chi connectivity index (χ0n) is 11.9. The molecule has 0 aromatic rings. The number of nitrogens with two attached hydrogens (primary N) is 1. The standard InChI is InChI=1S/C15H32N2/c1-3-5-9-14(4-2)12-17-13-15(16)10-7-6-8-11-15/h14,17H,3-13,16H2,1-2H3. The number of hydrogen-bond acceptors (Lipinski definition) is 2. The first-order chi connectivity index (χ1) is 8.20. The second-order valence-corrected chi connectivity index (χ2v) is 5.97. The van der Waals surface area contributed by atoms with Gasteiger partial charge < -0.3 is 11.1 Å². The van der Waals surface area contributed by atoms with Crippen LogP contribution in [0, 0.1) is 5.92 Å². The molecule has 1 aliphatic carbocycles. The van der Waals surface area contributed by atoms with Crippen molar-refractivity contribution in [2.45, 2.75) is 77.2 Å². The Labute approximate surface area is 108 Å². The predicted octanol–water partition coefficient (Wildman–Crippen LogP) is 3.45. The van der Waals surface area contributed by atoms with E-state index >= 15 is 0 Å². The lowest BCUT2D eigenvalue weighted by Crippen LogP contribution is -2.50. The first-order valence-electron chi connectivity index (χ1n) is 7.70. The fourth-order valence-electron chi connectivity index (χ4n) is 2.90. The van der Waals surface area contributed by atoms with Gasteiger partial charge in [-0.1, -0.05) is 52.4 Å². The molecule has 0 aromatic heterocycles. The summed E-state index contributed by atoms with van der Waals surface area (Å²) in [5.41, 5.74) is 6.52. The van der Waals surface area contributed by atoms with E-state index in [-0.39, 0.29) is 5.54 Å². The molecule has 3 N–H and O–H groups in total. The van der Waals surface area contributed by atoms with E-state index in [4.69, 9.17) is 5.73 Å². The minimum absolute atomic E-state index is 0.0985. The summed E-state index contributed by atoms with van der Waals surface area (Å²) < 4.78 is 0. The van der Waals surface area contributed by atoms with Crippen molar-refractivity contribution < 1.29 is 0 Å². The van der Waals surface area contributed by atoms with Crippen LogP contribution < -0.4 is 11.1 Å². The Hall–Kier alpha value is -0.0800. The van der Waals surface area contributed by atoms with Crippen molar-refractivity contribution in [1.82, 2.24) is 5.32 Å². The van der Waals surface area contributed by atoms with E-state index < -0.39 is 0 Å². The Morgan fingerprint density at radius 2 is 1.88 bits per heavy atom. The molecule has 2 nitrogen and oxygen atoms in total. The van der Waals surface area contributed by atoms with Crippen molar-refractivity contribution in [3.8, 4) is 0 Å². The van der Waals surface area contributed by atoms with E-state index in [0.29, 0.717) is 0 Å². The van der Waals surface area contributed by atoms with Gasteiger partial charge in [0.1, 0.15) is 0 Å². The van der Waals surface area contributed by atoms with Gasteiger partial charge in [0.05, 0.1) is 0 Å². The van der Waals surface area contributed by atoms with Crippen molar-refractivity contribution in [1.29, 1.82) is 0 Å². The molecule has 1 fully saturated rings. The maximum Gasteiger partial charge on any atom is 0.0280 e. The third kappa shape index (κ3) is 5.87. The third-order valence-electron chi connectivity index (χ3n) is 4.30. The first kappa shape index (κ1) is 15.0. The van der Waals surface area contributed by atoms with Crippen LogP contribution in [0.2, 0.25) is 0 Å². The van der Waals surface area contributed by atoms with E-state index in [0.717, 1.165) is 19.0 Å². The topological polar surface area (TPSA) is 38.0 Å². The summed E-state index contributed by atoms with van der Waals surface area (Å²) >= 11 is 0. The molecule has 0 spiro atoms. The molecule has 0 saturated heterocycles. The highest BCUT2D eigenvalue weighted by molar-refractivity contribution is 4.89. The number of rotatable bonds is 8. The van der Waals surface area contributed by atoms with Crippen LogP contribution in [-0.4, -0.2) is 18.6 Å². The molecule has 0 bridgehead atoms. The highest BCUT2D eigenvalue weighted by Crippen LogP contribution is 2.25. The Balaban J connectivity index is 2.16. The van der Waals surface area contributed by atoms with Crippen molar-refractivity contribution >= 4 is 0 Å². The Kier molecular flexibility index (Phi) is 7.14. The van der Waals surface area contributed by atoms with Crippen LogP contribution in [0.25, 0.3) is 0 Å². The molecule has 0 heterocycles. The lowest BCUT2D eigenvalue weighted by molar-refractivity contribution is 0.275. The van der Waals surface area contributed by atoms with Crippen LogP contribution in [-0.2, 0) is 0 Å². The second kappa shape index (κ2) is 8.10. The summed E-state index contributed by atoms with van der Waals surface area (Å²) in [5.74, 6) is 0.849. The van der Waals surface area contributed by atoms with Gasteiger partial charge in [0.2, 0.25) is 0 Å². The summed E-state index contributed by atoms with van der Waals surface area (Å²) in [5, 5.41) is 3.63. The van der Waals surface area contributed by atoms with Gasteiger partial charge in [0.15, 0.2) is 0 Å². The van der Waals surface area contributed by atoms with E-state index in [2.05, 4.69) is 19.2 Å². The molecule has 0 aliphatic heterocycles. The van der Waals surface area contributed by atoms with Crippen LogP contribution in [0.5, 0.6) is 0 Å². The van der Waals surface area contributed by atoms with Crippen LogP contribution >= 0.6 is 0 Å². The molecule has 0 aromatic carbocycles. The summed E-state index contributed by atoms with van der Waals surface area (Å²) in [6, 6.07) is 0. The quantitative estimate of drug-likeness (QED) is 0.682. The number of unbranched alkanes of at least 4 members (excludes halogenated alkanes) is 1. The van der Waals surface area contributed by atoms with Gasteiger partial charge in [0.25, 0.3) is 0 Å². The van der Waals surface area contributed by atoms with Crippen molar-refractivity contribution in [3.63, 3.8) is 0 Å². The molecular weight excluding hydrogens is 208 g/mol. The smallest absolute Gasteiger partial charge is 0.0280 e. The highest BCUT2D eigenvalue weighted by atomic mass is 14.9. The first-order valence-corrected chi connectivity index (χ1v) is 7.70. The largest absolute Gasteiger partial charge is 0.324 e. The van der Waals surface area contributed by atoms with Gasteiger partial charge in [-0.3, -0.25) is 0 Å². The molecular formula is C15H32N2. The normalized spacial score (nSPS) is 21.4. The van der Waals surface area contributed by atoms with Crippen LogP contribution in [0.15, 0.2) is 0 Å². The second-order valence-electron chi connectivity index (χ2n) is 5.97. The van der Waals surface area contributed by atoms with Crippen molar-refractivity contribution in [3.05, 3.63) is 0 Å². The molecule has 1 unspecified atom stereocenters. The third-order valence-corrected chi connectivity index (χ3v) is 4.30. The molecule has 0 radical (unpaired) electrons. The fourth-order valence-corrected chi connectivity index (χ4v) is 2.90. The lowest BCUT2D eigenvalue weighted by atomic mass is 9.82. The molecule has 1 saturated carbocycles. The average Bonchev–Trinajstić information content (AvgIpc) is 2.34. The van der Waals surface area contributed by atoms with Gasteiger partial charge in [-0.2, -0.15) is 0 Å². The Morgan fingerprint density at radius 1 is 1.18 bits per heavy atom. The SMILES string of the molecule is CCCCC(CC)CNCC1(N)CCCCC1. The molecule has 1 atom stereocenters. The van der Waals surface area contributed by atoms with E-state index in [1.165, 1.54) is 57.8 Å². The highest BCUT2D eigenvalue weighted by Gasteiger charge is 2.26. The minimum atomic E-state index is 0.0985. The maximum absolute atomic E-state index is 6.42. The summed E-state index contributed by atoms with van der Waals surface area (Å²) in [6.45, 7) is 6.77. The fraction of sp³-hybridized carbons (Fsp3) is 1.00. The van der Waals surface area contributed by atoms with Gasteiger partial charge in [-0.15, -0.1) is 0 Å². The van der Waals surface area contributed by atoms with E-state index in [1.54, 1.807) is 0 Å². The monoisotopic (exact) mass is 240 g/mol. The lowest BCUT2D eigenvalue weighted by Gasteiger charge is -2.34. The Bertz CT molecular complexity index is 185. The van der Waals surface area contributed by atoms with Crippen LogP contribution in [0.4, 0.5) is 0 Å².